The van der Waals surface area contributed by atoms with Gasteiger partial charge in [0.05, 0.1) is 11.8 Å². The summed E-state index contributed by atoms with van der Waals surface area (Å²) in [5.41, 5.74) is 0.847. The minimum Gasteiger partial charge on any atom is -0.356 e. The Bertz CT molecular complexity index is 519. The fourth-order valence-electron chi connectivity index (χ4n) is 3.47. The molecule has 0 unspecified atom stereocenters. The van der Waals surface area contributed by atoms with Gasteiger partial charge in [0.15, 0.2) is 0 Å². The van der Waals surface area contributed by atoms with Crippen LogP contribution in [0.25, 0.3) is 0 Å². The van der Waals surface area contributed by atoms with Gasteiger partial charge >= 0.3 is 0 Å². The fraction of sp³-hybridized carbons (Fsp3) is 0.529. The number of likely N-dealkylation sites (tertiary alicyclic amines) is 1. The molecule has 3 rings (SSSR count). The number of hydrogen-bond donors (Lipinski definition) is 1. The van der Waals surface area contributed by atoms with Gasteiger partial charge in [0.25, 0.3) is 0 Å². The molecule has 2 aliphatic heterocycles. The van der Waals surface area contributed by atoms with Gasteiger partial charge in [-0.05, 0) is 31.2 Å². The Morgan fingerprint density at radius 1 is 1.14 bits per heavy atom. The van der Waals surface area contributed by atoms with Crippen molar-refractivity contribution in [3.05, 3.63) is 35.9 Å². The third kappa shape index (κ3) is 2.94. The maximum absolute atomic E-state index is 12.3. The van der Waals surface area contributed by atoms with Crippen molar-refractivity contribution in [2.75, 3.05) is 19.6 Å². The third-order valence-electron chi connectivity index (χ3n) is 4.87. The normalized spacial score (nSPS) is 21.1. The Morgan fingerprint density at radius 3 is 2.52 bits per heavy atom. The Balaban J connectivity index is 1.58. The first-order valence-corrected chi connectivity index (χ1v) is 7.80. The molecule has 0 aliphatic carbocycles. The molecule has 4 nitrogen and oxygen atoms in total. The number of benzene rings is 1. The van der Waals surface area contributed by atoms with E-state index in [1.54, 1.807) is 0 Å². The fourth-order valence-corrected chi connectivity index (χ4v) is 3.47. The van der Waals surface area contributed by atoms with Crippen LogP contribution in [-0.2, 0) is 16.0 Å². The van der Waals surface area contributed by atoms with Gasteiger partial charge in [0.1, 0.15) is 0 Å². The number of hydrogen-bond acceptors (Lipinski definition) is 2. The van der Waals surface area contributed by atoms with E-state index < -0.39 is 0 Å². The molecule has 1 aromatic rings. The second-order valence-corrected chi connectivity index (χ2v) is 6.18. The summed E-state index contributed by atoms with van der Waals surface area (Å²) in [7, 11) is 0. The van der Waals surface area contributed by atoms with Crippen LogP contribution in [0.4, 0.5) is 0 Å². The van der Waals surface area contributed by atoms with Crippen molar-refractivity contribution in [2.24, 2.45) is 5.41 Å². The smallest absolute Gasteiger partial charge is 0.226 e. The second kappa shape index (κ2) is 5.88. The van der Waals surface area contributed by atoms with Gasteiger partial charge in [-0.25, -0.2) is 0 Å². The average Bonchev–Trinajstić information content (AvgIpc) is 2.52. The van der Waals surface area contributed by atoms with Crippen LogP contribution in [0, 0.1) is 5.41 Å². The van der Waals surface area contributed by atoms with Crippen molar-refractivity contribution in [2.45, 2.75) is 32.1 Å². The molecule has 2 amide bonds. The minimum absolute atomic E-state index is 0.173. The predicted octanol–water partition coefficient (Wildman–Crippen LogP) is 1.75. The van der Waals surface area contributed by atoms with E-state index in [9.17, 15) is 9.59 Å². The van der Waals surface area contributed by atoms with Gasteiger partial charge < -0.3 is 10.2 Å². The van der Waals surface area contributed by atoms with Gasteiger partial charge in [-0.2, -0.15) is 0 Å². The number of carbonyl (C=O) groups excluding carboxylic acids is 2. The third-order valence-corrected chi connectivity index (χ3v) is 4.87. The summed E-state index contributed by atoms with van der Waals surface area (Å²) in [6.07, 6.45) is 4.10. The number of rotatable bonds is 2. The Kier molecular flexibility index (Phi) is 3.95. The minimum atomic E-state index is -0.207. The molecule has 112 valence electrons. The lowest BCUT2D eigenvalue weighted by molar-refractivity contribution is -0.142. The van der Waals surface area contributed by atoms with Crippen LogP contribution in [0.15, 0.2) is 30.3 Å². The number of nitrogens with one attached hydrogen (secondary N) is 1. The number of piperidine rings is 2. The molecule has 1 aromatic carbocycles. The zero-order chi connectivity index (χ0) is 14.7. The topological polar surface area (TPSA) is 49.4 Å². The number of carbonyl (C=O) groups is 2. The summed E-state index contributed by atoms with van der Waals surface area (Å²) >= 11 is 0. The predicted molar refractivity (Wildman–Crippen MR) is 80.6 cm³/mol. The van der Waals surface area contributed by atoms with Crippen LogP contribution in [-0.4, -0.2) is 36.3 Å². The SMILES string of the molecule is O=C(Cc1ccccc1)N1CCC2(CCCNC2=O)CC1. The summed E-state index contributed by atoms with van der Waals surface area (Å²) in [5.74, 6) is 0.371. The number of nitrogens with zero attached hydrogens (tertiary/aromatic N) is 1. The first-order valence-electron chi connectivity index (χ1n) is 7.80. The van der Waals surface area contributed by atoms with E-state index in [1.807, 2.05) is 35.2 Å². The maximum atomic E-state index is 12.3. The molecule has 2 fully saturated rings. The second-order valence-electron chi connectivity index (χ2n) is 6.18. The largest absolute Gasteiger partial charge is 0.356 e. The quantitative estimate of drug-likeness (QED) is 0.900. The molecule has 0 bridgehead atoms. The monoisotopic (exact) mass is 286 g/mol. The van der Waals surface area contributed by atoms with Crippen molar-refractivity contribution in [3.8, 4) is 0 Å². The van der Waals surface area contributed by atoms with E-state index in [4.69, 9.17) is 0 Å². The van der Waals surface area contributed by atoms with Crippen LogP contribution in [0.5, 0.6) is 0 Å². The summed E-state index contributed by atoms with van der Waals surface area (Å²) in [6.45, 7) is 2.22. The van der Waals surface area contributed by atoms with Crippen molar-refractivity contribution >= 4 is 11.8 Å². The van der Waals surface area contributed by atoms with E-state index in [0.717, 1.165) is 37.8 Å². The van der Waals surface area contributed by atoms with Gasteiger partial charge in [-0.3, -0.25) is 9.59 Å². The highest BCUT2D eigenvalue weighted by Gasteiger charge is 2.43. The van der Waals surface area contributed by atoms with Crippen LogP contribution >= 0.6 is 0 Å². The zero-order valence-corrected chi connectivity index (χ0v) is 12.3. The Morgan fingerprint density at radius 2 is 1.86 bits per heavy atom. The summed E-state index contributed by atoms with van der Waals surface area (Å²) < 4.78 is 0. The van der Waals surface area contributed by atoms with E-state index >= 15 is 0 Å². The highest BCUT2D eigenvalue weighted by atomic mass is 16.2. The number of amides is 2. The van der Waals surface area contributed by atoms with Gasteiger partial charge in [0.2, 0.25) is 11.8 Å². The van der Waals surface area contributed by atoms with Crippen molar-refractivity contribution < 1.29 is 9.59 Å². The van der Waals surface area contributed by atoms with E-state index in [1.165, 1.54) is 0 Å². The van der Waals surface area contributed by atoms with Crippen LogP contribution in [0.1, 0.15) is 31.2 Å². The lowest BCUT2D eigenvalue weighted by atomic mass is 9.72. The summed E-state index contributed by atoms with van der Waals surface area (Å²) in [4.78, 5) is 26.4. The Hall–Kier alpha value is -1.84. The van der Waals surface area contributed by atoms with Crippen LogP contribution in [0.3, 0.4) is 0 Å². The zero-order valence-electron chi connectivity index (χ0n) is 12.3. The van der Waals surface area contributed by atoms with Crippen molar-refractivity contribution in [1.29, 1.82) is 0 Å². The molecular formula is C17H22N2O2. The molecule has 21 heavy (non-hydrogen) atoms. The van der Waals surface area contributed by atoms with Crippen molar-refractivity contribution in [1.82, 2.24) is 10.2 Å². The summed E-state index contributed by atoms with van der Waals surface area (Å²) in [5, 5.41) is 2.98. The average molecular weight is 286 g/mol. The molecule has 0 radical (unpaired) electrons. The Labute approximate surface area is 125 Å². The highest BCUT2D eigenvalue weighted by Crippen LogP contribution is 2.38. The van der Waals surface area contributed by atoms with Crippen LogP contribution < -0.4 is 5.32 Å². The standard InChI is InChI=1S/C17H22N2O2/c20-15(13-14-5-2-1-3-6-14)19-11-8-17(9-12-19)7-4-10-18-16(17)21/h1-3,5-6H,4,7-13H2,(H,18,21). The maximum Gasteiger partial charge on any atom is 0.226 e. The molecule has 2 heterocycles. The van der Waals surface area contributed by atoms with Gasteiger partial charge in [-0.15, -0.1) is 0 Å². The molecule has 4 heteroatoms. The molecule has 2 saturated heterocycles. The molecule has 0 atom stereocenters. The molecule has 0 saturated carbocycles. The summed E-state index contributed by atoms with van der Waals surface area (Å²) in [6, 6.07) is 9.84. The lowest BCUT2D eigenvalue weighted by Crippen LogP contribution is -2.53. The molecule has 0 aromatic heterocycles. The van der Waals surface area contributed by atoms with E-state index in [0.29, 0.717) is 19.5 Å². The first-order chi connectivity index (χ1) is 10.2. The molecule has 2 aliphatic rings. The van der Waals surface area contributed by atoms with Gasteiger partial charge in [0, 0.05) is 19.6 Å². The lowest BCUT2D eigenvalue weighted by Gasteiger charge is -2.42. The van der Waals surface area contributed by atoms with Crippen molar-refractivity contribution in [3.63, 3.8) is 0 Å². The van der Waals surface area contributed by atoms with E-state index in [-0.39, 0.29) is 17.2 Å². The highest BCUT2D eigenvalue weighted by molar-refractivity contribution is 5.84. The van der Waals surface area contributed by atoms with E-state index in [2.05, 4.69) is 5.32 Å². The first kappa shape index (κ1) is 14.1. The molecule has 1 spiro atoms. The molecule has 1 N–H and O–H groups in total. The molecular weight excluding hydrogens is 264 g/mol. The van der Waals surface area contributed by atoms with Crippen LogP contribution in [0.2, 0.25) is 0 Å². The van der Waals surface area contributed by atoms with Gasteiger partial charge in [-0.1, -0.05) is 30.3 Å².